The zero-order chi connectivity index (χ0) is 21.0. The van der Waals surface area contributed by atoms with Gasteiger partial charge in [-0.25, -0.2) is 14.6 Å². The van der Waals surface area contributed by atoms with Crippen LogP contribution in [0.1, 0.15) is 48.6 Å². The van der Waals surface area contributed by atoms with E-state index in [-0.39, 0.29) is 23.6 Å². The zero-order valence-electron chi connectivity index (χ0n) is 17.4. The van der Waals surface area contributed by atoms with Gasteiger partial charge < -0.3 is 9.47 Å². The van der Waals surface area contributed by atoms with Crippen molar-refractivity contribution < 1.29 is 23.9 Å². The standard InChI is InChI=1S/C21H26N2O5/c1-11-8-12(2)15(13(3)9-11)17-16(19(25)27-6)18(20(26)28-7)22-14(24)10-21(4,5)23(17)22/h8-9,17H,10H2,1-7H3. The molecule has 7 nitrogen and oxygen atoms in total. The molecule has 0 aliphatic carbocycles. The van der Waals surface area contributed by atoms with E-state index in [1.165, 1.54) is 19.2 Å². The van der Waals surface area contributed by atoms with Crippen LogP contribution < -0.4 is 0 Å². The highest BCUT2D eigenvalue weighted by atomic mass is 16.5. The molecule has 0 bridgehead atoms. The summed E-state index contributed by atoms with van der Waals surface area (Å²) in [5.74, 6) is -1.64. The van der Waals surface area contributed by atoms with Gasteiger partial charge in [-0.15, -0.1) is 0 Å². The summed E-state index contributed by atoms with van der Waals surface area (Å²) in [5.41, 5.74) is 3.41. The lowest BCUT2D eigenvalue weighted by atomic mass is 9.87. The Morgan fingerprint density at radius 2 is 1.57 bits per heavy atom. The minimum Gasteiger partial charge on any atom is -0.466 e. The number of hydrogen-bond acceptors (Lipinski definition) is 6. The fourth-order valence-corrected chi connectivity index (χ4v) is 4.48. The van der Waals surface area contributed by atoms with Gasteiger partial charge in [0.2, 0.25) is 5.91 Å². The number of carbonyl (C=O) groups is 3. The average molecular weight is 386 g/mol. The van der Waals surface area contributed by atoms with Crippen LogP contribution >= 0.6 is 0 Å². The first-order chi connectivity index (χ1) is 13.0. The molecule has 0 spiro atoms. The molecular weight excluding hydrogens is 360 g/mol. The van der Waals surface area contributed by atoms with Gasteiger partial charge in [0.15, 0.2) is 5.70 Å². The van der Waals surface area contributed by atoms with Crippen LogP contribution in [0.2, 0.25) is 0 Å². The van der Waals surface area contributed by atoms with Crippen LogP contribution in [-0.2, 0) is 23.9 Å². The lowest BCUT2D eigenvalue weighted by molar-refractivity contribution is -0.147. The lowest BCUT2D eigenvalue weighted by Gasteiger charge is -2.37. The Labute approximate surface area is 164 Å². The van der Waals surface area contributed by atoms with E-state index in [4.69, 9.17) is 9.47 Å². The zero-order valence-corrected chi connectivity index (χ0v) is 17.4. The van der Waals surface area contributed by atoms with E-state index >= 15 is 0 Å². The van der Waals surface area contributed by atoms with E-state index in [2.05, 4.69) is 0 Å². The first-order valence-corrected chi connectivity index (χ1v) is 9.16. The summed E-state index contributed by atoms with van der Waals surface area (Å²) in [5, 5.41) is 3.12. The van der Waals surface area contributed by atoms with E-state index in [1.807, 2.05) is 51.8 Å². The number of nitrogens with zero attached hydrogens (tertiary/aromatic N) is 2. The maximum absolute atomic E-state index is 12.8. The first kappa shape index (κ1) is 20.1. The Balaban J connectivity index is 2.37. The number of ether oxygens (including phenoxy) is 2. The minimum absolute atomic E-state index is 0.0608. The lowest BCUT2D eigenvalue weighted by Crippen LogP contribution is -2.46. The Hall–Kier alpha value is -2.67. The summed E-state index contributed by atoms with van der Waals surface area (Å²) in [7, 11) is 2.50. The van der Waals surface area contributed by atoms with Crippen molar-refractivity contribution in [1.82, 2.24) is 10.0 Å². The fourth-order valence-electron chi connectivity index (χ4n) is 4.48. The molecule has 28 heavy (non-hydrogen) atoms. The molecule has 7 heteroatoms. The SMILES string of the molecule is COC(=O)C1=C(C(=O)OC)N2C(=O)CC(C)(C)N2C1c1c(C)cc(C)cc1C. The number of benzene rings is 1. The number of esters is 2. The van der Waals surface area contributed by atoms with Crippen LogP contribution in [0.4, 0.5) is 0 Å². The molecule has 1 fully saturated rings. The minimum atomic E-state index is -0.735. The summed E-state index contributed by atoms with van der Waals surface area (Å²) in [6.45, 7) is 9.79. The van der Waals surface area contributed by atoms with Crippen LogP contribution in [0.25, 0.3) is 0 Å². The normalized spacial score (nSPS) is 21.2. The molecular formula is C21H26N2O5. The van der Waals surface area contributed by atoms with Crippen LogP contribution in [0, 0.1) is 20.8 Å². The van der Waals surface area contributed by atoms with Crippen molar-refractivity contribution in [2.24, 2.45) is 0 Å². The Kier molecular flexibility index (Phi) is 4.83. The number of methoxy groups -OCH3 is 2. The molecule has 0 aromatic heterocycles. The number of hydrogen-bond donors (Lipinski definition) is 0. The highest BCUT2D eigenvalue weighted by molar-refractivity contribution is 6.05. The topological polar surface area (TPSA) is 76.2 Å². The molecule has 150 valence electrons. The van der Waals surface area contributed by atoms with Crippen LogP contribution in [-0.4, -0.2) is 47.6 Å². The summed E-state index contributed by atoms with van der Waals surface area (Å²) in [4.78, 5) is 38.3. The molecule has 3 rings (SSSR count). The highest BCUT2D eigenvalue weighted by Crippen LogP contribution is 2.51. The third-order valence-electron chi connectivity index (χ3n) is 5.44. The van der Waals surface area contributed by atoms with Crippen LogP contribution in [0.15, 0.2) is 23.4 Å². The highest BCUT2D eigenvalue weighted by Gasteiger charge is 2.58. The molecule has 1 aromatic carbocycles. The smallest absolute Gasteiger partial charge is 0.356 e. The number of hydrazine groups is 1. The van der Waals surface area contributed by atoms with Crippen molar-refractivity contribution in [2.75, 3.05) is 14.2 Å². The van der Waals surface area contributed by atoms with Gasteiger partial charge in [0.05, 0.1) is 25.8 Å². The van der Waals surface area contributed by atoms with Gasteiger partial charge in [-0.2, -0.15) is 5.01 Å². The van der Waals surface area contributed by atoms with Crippen molar-refractivity contribution in [2.45, 2.75) is 52.6 Å². The number of rotatable bonds is 3. The van der Waals surface area contributed by atoms with Crippen molar-refractivity contribution in [3.63, 3.8) is 0 Å². The molecule has 0 N–H and O–H groups in total. The Morgan fingerprint density at radius 1 is 1.04 bits per heavy atom. The molecule has 0 saturated carbocycles. The first-order valence-electron chi connectivity index (χ1n) is 9.16. The summed E-state index contributed by atoms with van der Waals surface area (Å²) in [6, 6.07) is 3.44. The van der Waals surface area contributed by atoms with Gasteiger partial charge in [-0.05, 0) is 51.3 Å². The van der Waals surface area contributed by atoms with Crippen molar-refractivity contribution >= 4 is 17.8 Å². The Morgan fingerprint density at radius 3 is 2.07 bits per heavy atom. The average Bonchev–Trinajstić information content (AvgIpc) is 3.06. The molecule has 2 aliphatic heterocycles. The summed E-state index contributed by atoms with van der Waals surface area (Å²) >= 11 is 0. The molecule has 1 unspecified atom stereocenters. The predicted octanol–water partition coefficient (Wildman–Crippen LogP) is 2.49. The van der Waals surface area contributed by atoms with Gasteiger partial charge in [-0.1, -0.05) is 17.7 Å². The maximum atomic E-state index is 12.8. The molecule has 2 aliphatic rings. The quantitative estimate of drug-likeness (QED) is 0.743. The van der Waals surface area contributed by atoms with Gasteiger partial charge in [0, 0.05) is 12.0 Å². The second kappa shape index (κ2) is 6.74. The number of amides is 1. The molecule has 1 aromatic rings. The third-order valence-corrected chi connectivity index (χ3v) is 5.44. The van der Waals surface area contributed by atoms with Crippen molar-refractivity contribution in [3.05, 3.63) is 45.7 Å². The van der Waals surface area contributed by atoms with Gasteiger partial charge >= 0.3 is 11.9 Å². The summed E-state index contributed by atoms with van der Waals surface area (Å²) in [6.07, 6.45) is 0.225. The fraction of sp³-hybridized carbons (Fsp3) is 0.476. The van der Waals surface area contributed by atoms with Crippen molar-refractivity contribution in [3.8, 4) is 0 Å². The van der Waals surface area contributed by atoms with E-state index in [0.717, 1.165) is 22.3 Å². The summed E-state index contributed by atoms with van der Waals surface area (Å²) < 4.78 is 9.94. The molecule has 1 saturated heterocycles. The van der Waals surface area contributed by atoms with Crippen LogP contribution in [0.3, 0.4) is 0 Å². The Bertz CT molecular complexity index is 892. The van der Waals surface area contributed by atoms with E-state index in [0.29, 0.717) is 0 Å². The maximum Gasteiger partial charge on any atom is 0.356 e. The molecule has 0 radical (unpaired) electrons. The van der Waals surface area contributed by atoms with E-state index in [9.17, 15) is 14.4 Å². The number of carbonyl (C=O) groups excluding carboxylic acids is 3. The van der Waals surface area contributed by atoms with Crippen molar-refractivity contribution in [1.29, 1.82) is 0 Å². The monoisotopic (exact) mass is 386 g/mol. The van der Waals surface area contributed by atoms with Gasteiger partial charge in [0.1, 0.15) is 0 Å². The second-order valence-corrected chi connectivity index (χ2v) is 8.00. The van der Waals surface area contributed by atoms with E-state index in [1.54, 1.807) is 0 Å². The van der Waals surface area contributed by atoms with E-state index < -0.39 is 23.5 Å². The predicted molar refractivity (Wildman–Crippen MR) is 102 cm³/mol. The number of fused-ring (bicyclic) bond motifs is 1. The largest absolute Gasteiger partial charge is 0.466 e. The van der Waals surface area contributed by atoms with Gasteiger partial charge in [-0.3, -0.25) is 4.79 Å². The van der Waals surface area contributed by atoms with Gasteiger partial charge in [0.25, 0.3) is 0 Å². The number of aryl methyl sites for hydroxylation is 3. The second-order valence-electron chi connectivity index (χ2n) is 8.00. The molecule has 1 atom stereocenters. The third kappa shape index (κ3) is 2.81. The van der Waals surface area contributed by atoms with Crippen LogP contribution in [0.5, 0.6) is 0 Å². The molecule has 2 heterocycles. The molecule has 1 amide bonds.